The molecule has 0 unspecified atom stereocenters. The number of hydrogen-bond donors (Lipinski definition) is 2. The molecule has 0 aliphatic carbocycles. The van der Waals surface area contributed by atoms with E-state index in [0.29, 0.717) is 0 Å². The molecule has 0 fully saturated rings. The van der Waals surface area contributed by atoms with Crippen molar-refractivity contribution >= 4 is 0 Å². The van der Waals surface area contributed by atoms with Crippen LogP contribution in [-0.2, 0) is 6.54 Å². The molecule has 0 aromatic heterocycles. The predicted octanol–water partition coefficient (Wildman–Crippen LogP) is 4.90. The number of nitrogens with one attached hydrogen (secondary N) is 2. The van der Waals surface area contributed by atoms with Gasteiger partial charge in [-0.15, -0.1) is 0 Å². The van der Waals surface area contributed by atoms with Gasteiger partial charge in [-0.2, -0.15) is 0 Å². The zero-order valence-electron chi connectivity index (χ0n) is 14.6. The van der Waals surface area contributed by atoms with E-state index in [4.69, 9.17) is 0 Å². The van der Waals surface area contributed by atoms with E-state index in [1.165, 1.54) is 69.9 Å². The normalized spacial score (nSPS) is 11.0. The highest BCUT2D eigenvalue weighted by Crippen LogP contribution is 2.09. The van der Waals surface area contributed by atoms with E-state index in [2.05, 4.69) is 47.9 Å². The summed E-state index contributed by atoms with van der Waals surface area (Å²) >= 11 is 0. The molecular formula is C20H36N2. The first kappa shape index (κ1) is 19.2. The van der Waals surface area contributed by atoms with Crippen molar-refractivity contribution in [2.45, 2.75) is 71.3 Å². The summed E-state index contributed by atoms with van der Waals surface area (Å²) in [4.78, 5) is 0. The molecule has 0 amide bonds. The summed E-state index contributed by atoms with van der Waals surface area (Å²) in [6.07, 6.45) is 12.7. The van der Waals surface area contributed by atoms with Crippen molar-refractivity contribution in [3.8, 4) is 0 Å². The Hall–Kier alpha value is -0.860. The molecule has 0 spiro atoms. The highest BCUT2D eigenvalue weighted by atomic mass is 14.9. The van der Waals surface area contributed by atoms with Crippen LogP contribution in [0.15, 0.2) is 30.3 Å². The maximum atomic E-state index is 3.53. The van der Waals surface area contributed by atoms with Gasteiger partial charge in [-0.25, -0.2) is 0 Å². The molecule has 0 saturated heterocycles. The third kappa shape index (κ3) is 11.8. The lowest BCUT2D eigenvalue weighted by molar-refractivity contribution is 0.542. The van der Waals surface area contributed by atoms with E-state index in [-0.39, 0.29) is 0 Å². The number of rotatable bonds is 15. The standard InChI is InChI=1S/C20H36N2/c1-2-3-4-5-6-7-8-9-13-16-21-17-18-22-19-20-14-11-10-12-15-20/h10-12,14-15,21-22H,2-9,13,16-19H2,1H3. The van der Waals surface area contributed by atoms with Gasteiger partial charge in [0.25, 0.3) is 0 Å². The molecular weight excluding hydrogens is 268 g/mol. The first-order chi connectivity index (χ1) is 10.9. The average molecular weight is 305 g/mol. The molecule has 0 aliphatic rings. The smallest absolute Gasteiger partial charge is 0.0206 e. The molecule has 2 N–H and O–H groups in total. The zero-order valence-corrected chi connectivity index (χ0v) is 14.6. The third-order valence-electron chi connectivity index (χ3n) is 4.11. The Labute approximate surface area is 138 Å². The maximum absolute atomic E-state index is 3.53. The maximum Gasteiger partial charge on any atom is 0.0206 e. The van der Waals surface area contributed by atoms with Crippen LogP contribution in [0.2, 0.25) is 0 Å². The molecule has 0 radical (unpaired) electrons. The van der Waals surface area contributed by atoms with Crippen LogP contribution in [0.3, 0.4) is 0 Å². The molecule has 0 heterocycles. The minimum absolute atomic E-state index is 0.973. The molecule has 2 heteroatoms. The SMILES string of the molecule is CCCCCCCCCCCNCCNCc1ccccc1. The van der Waals surface area contributed by atoms with E-state index >= 15 is 0 Å². The van der Waals surface area contributed by atoms with E-state index in [1.54, 1.807) is 0 Å². The largest absolute Gasteiger partial charge is 0.315 e. The van der Waals surface area contributed by atoms with Crippen molar-refractivity contribution in [2.24, 2.45) is 0 Å². The number of benzene rings is 1. The molecule has 2 nitrogen and oxygen atoms in total. The van der Waals surface area contributed by atoms with Crippen LogP contribution in [0.5, 0.6) is 0 Å². The number of hydrogen-bond acceptors (Lipinski definition) is 2. The number of unbranched alkanes of at least 4 members (excludes halogenated alkanes) is 8. The topological polar surface area (TPSA) is 24.1 Å². The zero-order chi connectivity index (χ0) is 15.7. The van der Waals surface area contributed by atoms with Crippen molar-refractivity contribution < 1.29 is 0 Å². The Morgan fingerprint density at radius 2 is 1.23 bits per heavy atom. The summed E-state index contributed by atoms with van der Waals surface area (Å²) in [5.41, 5.74) is 1.36. The van der Waals surface area contributed by atoms with Gasteiger partial charge in [-0.3, -0.25) is 0 Å². The molecule has 0 atom stereocenters. The monoisotopic (exact) mass is 304 g/mol. The first-order valence-corrected chi connectivity index (χ1v) is 9.39. The Morgan fingerprint density at radius 3 is 1.91 bits per heavy atom. The lowest BCUT2D eigenvalue weighted by atomic mass is 10.1. The summed E-state index contributed by atoms with van der Waals surface area (Å²) in [5.74, 6) is 0. The first-order valence-electron chi connectivity index (χ1n) is 9.39. The lowest BCUT2D eigenvalue weighted by Crippen LogP contribution is -2.27. The van der Waals surface area contributed by atoms with Crippen LogP contribution in [-0.4, -0.2) is 19.6 Å². The van der Waals surface area contributed by atoms with Crippen molar-refractivity contribution in [3.05, 3.63) is 35.9 Å². The highest BCUT2D eigenvalue weighted by Gasteiger charge is 1.93. The minimum atomic E-state index is 0.973. The van der Waals surface area contributed by atoms with Gasteiger partial charge in [-0.1, -0.05) is 88.6 Å². The van der Waals surface area contributed by atoms with Crippen molar-refractivity contribution in [1.82, 2.24) is 10.6 Å². The summed E-state index contributed by atoms with van der Waals surface area (Å²) in [6.45, 7) is 6.55. The Balaban J connectivity index is 1.73. The Bertz CT molecular complexity index is 324. The van der Waals surface area contributed by atoms with Crippen LogP contribution < -0.4 is 10.6 Å². The summed E-state index contributed by atoms with van der Waals surface area (Å²) in [5, 5.41) is 7.00. The molecule has 0 saturated carbocycles. The second-order valence-corrected chi connectivity index (χ2v) is 6.24. The van der Waals surface area contributed by atoms with Gasteiger partial charge >= 0.3 is 0 Å². The van der Waals surface area contributed by atoms with Crippen molar-refractivity contribution in [1.29, 1.82) is 0 Å². The quantitative estimate of drug-likeness (QED) is 0.450. The van der Waals surface area contributed by atoms with Crippen LogP contribution in [0, 0.1) is 0 Å². The molecule has 0 aliphatic heterocycles. The molecule has 22 heavy (non-hydrogen) atoms. The second-order valence-electron chi connectivity index (χ2n) is 6.24. The second kappa shape index (κ2) is 15.1. The lowest BCUT2D eigenvalue weighted by Gasteiger charge is -2.07. The van der Waals surface area contributed by atoms with Gasteiger partial charge in [0.2, 0.25) is 0 Å². The van der Waals surface area contributed by atoms with Crippen molar-refractivity contribution in [2.75, 3.05) is 19.6 Å². The van der Waals surface area contributed by atoms with Crippen LogP contribution in [0.1, 0.15) is 70.3 Å². The van der Waals surface area contributed by atoms with Gasteiger partial charge in [-0.05, 0) is 18.5 Å². The average Bonchev–Trinajstić information content (AvgIpc) is 2.56. The molecule has 1 aromatic carbocycles. The van der Waals surface area contributed by atoms with Gasteiger partial charge in [0.15, 0.2) is 0 Å². The van der Waals surface area contributed by atoms with E-state index in [1.807, 2.05) is 0 Å². The third-order valence-corrected chi connectivity index (χ3v) is 4.11. The Morgan fingerprint density at radius 1 is 0.636 bits per heavy atom. The van der Waals surface area contributed by atoms with E-state index < -0.39 is 0 Å². The van der Waals surface area contributed by atoms with E-state index in [0.717, 1.165) is 19.6 Å². The molecule has 126 valence electrons. The Kier molecular flexibility index (Phi) is 13.1. The fourth-order valence-electron chi connectivity index (χ4n) is 2.69. The van der Waals surface area contributed by atoms with Crippen molar-refractivity contribution in [3.63, 3.8) is 0 Å². The predicted molar refractivity (Wildman–Crippen MR) is 98.2 cm³/mol. The van der Waals surface area contributed by atoms with Crippen LogP contribution >= 0.6 is 0 Å². The van der Waals surface area contributed by atoms with Crippen LogP contribution in [0.4, 0.5) is 0 Å². The van der Waals surface area contributed by atoms with Gasteiger partial charge in [0.1, 0.15) is 0 Å². The van der Waals surface area contributed by atoms with Gasteiger partial charge in [0, 0.05) is 19.6 Å². The summed E-state index contributed by atoms with van der Waals surface area (Å²) in [6, 6.07) is 10.6. The minimum Gasteiger partial charge on any atom is -0.315 e. The summed E-state index contributed by atoms with van der Waals surface area (Å²) < 4.78 is 0. The molecule has 1 rings (SSSR count). The van der Waals surface area contributed by atoms with Crippen LogP contribution in [0.25, 0.3) is 0 Å². The van der Waals surface area contributed by atoms with Gasteiger partial charge < -0.3 is 10.6 Å². The summed E-state index contributed by atoms with van der Waals surface area (Å²) in [7, 11) is 0. The van der Waals surface area contributed by atoms with E-state index in [9.17, 15) is 0 Å². The fraction of sp³-hybridized carbons (Fsp3) is 0.700. The van der Waals surface area contributed by atoms with Gasteiger partial charge in [0.05, 0.1) is 0 Å². The fourth-order valence-corrected chi connectivity index (χ4v) is 2.69. The molecule has 1 aromatic rings. The highest BCUT2D eigenvalue weighted by molar-refractivity contribution is 5.14. The molecule has 0 bridgehead atoms.